The van der Waals surface area contributed by atoms with E-state index in [9.17, 15) is 13.6 Å². The van der Waals surface area contributed by atoms with Crippen LogP contribution in [0.2, 0.25) is 0 Å². The number of nitrogens with two attached hydrogens (primary N) is 1. The maximum Gasteiger partial charge on any atom is 0.242 e. The standard InChI is InChI=1S/C12H14F2N2O/c1-16(11(17)12(15)4-5-12)7-8-2-3-9(13)10(14)6-8/h2-3,6H,4-5,7,15H2,1H3. The van der Waals surface area contributed by atoms with Crippen molar-refractivity contribution >= 4 is 5.91 Å². The molecule has 5 heteroatoms. The van der Waals surface area contributed by atoms with Gasteiger partial charge in [-0.2, -0.15) is 0 Å². The molecule has 1 aromatic carbocycles. The van der Waals surface area contributed by atoms with Gasteiger partial charge in [-0.15, -0.1) is 0 Å². The van der Waals surface area contributed by atoms with Gasteiger partial charge in [0.05, 0.1) is 5.54 Å². The smallest absolute Gasteiger partial charge is 0.242 e. The zero-order valence-corrected chi connectivity index (χ0v) is 9.54. The van der Waals surface area contributed by atoms with Crippen LogP contribution in [0.4, 0.5) is 8.78 Å². The van der Waals surface area contributed by atoms with Gasteiger partial charge in [0.2, 0.25) is 5.91 Å². The summed E-state index contributed by atoms with van der Waals surface area (Å²) in [5.74, 6) is -1.94. The lowest BCUT2D eigenvalue weighted by molar-refractivity contribution is -0.132. The molecule has 0 aliphatic heterocycles. The zero-order chi connectivity index (χ0) is 12.6. The van der Waals surface area contributed by atoms with Gasteiger partial charge in [-0.1, -0.05) is 6.07 Å². The summed E-state index contributed by atoms with van der Waals surface area (Å²) in [5, 5.41) is 0. The van der Waals surface area contributed by atoms with Crippen LogP contribution in [0.15, 0.2) is 18.2 Å². The van der Waals surface area contributed by atoms with Crippen molar-refractivity contribution in [3.8, 4) is 0 Å². The van der Waals surface area contributed by atoms with Gasteiger partial charge in [-0.3, -0.25) is 4.79 Å². The van der Waals surface area contributed by atoms with E-state index in [0.717, 1.165) is 12.1 Å². The van der Waals surface area contributed by atoms with Crippen molar-refractivity contribution in [2.24, 2.45) is 5.73 Å². The van der Waals surface area contributed by atoms with Gasteiger partial charge in [0, 0.05) is 13.6 Å². The number of hydrogen-bond acceptors (Lipinski definition) is 2. The third-order valence-corrected chi connectivity index (χ3v) is 2.97. The van der Waals surface area contributed by atoms with E-state index in [1.54, 1.807) is 7.05 Å². The maximum atomic E-state index is 13.0. The molecule has 1 aromatic rings. The van der Waals surface area contributed by atoms with Crippen molar-refractivity contribution in [2.45, 2.75) is 24.9 Å². The molecule has 2 N–H and O–H groups in total. The summed E-state index contributed by atoms with van der Waals surface area (Å²) >= 11 is 0. The number of carbonyl (C=O) groups is 1. The Morgan fingerprint density at radius 2 is 2.06 bits per heavy atom. The first-order valence-electron chi connectivity index (χ1n) is 5.41. The first-order chi connectivity index (χ1) is 7.92. The Morgan fingerprint density at radius 1 is 1.41 bits per heavy atom. The summed E-state index contributed by atoms with van der Waals surface area (Å²) in [6, 6.07) is 3.60. The van der Waals surface area contributed by atoms with E-state index in [0.29, 0.717) is 18.4 Å². The number of halogens is 2. The van der Waals surface area contributed by atoms with Gasteiger partial charge in [-0.25, -0.2) is 8.78 Å². The molecular formula is C12H14F2N2O. The van der Waals surface area contributed by atoms with Crippen LogP contribution in [0.3, 0.4) is 0 Å². The second-order valence-electron chi connectivity index (χ2n) is 4.57. The van der Waals surface area contributed by atoms with Crippen LogP contribution in [0, 0.1) is 11.6 Å². The molecule has 2 rings (SSSR count). The fourth-order valence-corrected chi connectivity index (χ4v) is 1.71. The lowest BCUT2D eigenvalue weighted by Crippen LogP contribution is -2.43. The van der Waals surface area contributed by atoms with Crippen molar-refractivity contribution in [3.05, 3.63) is 35.4 Å². The lowest BCUT2D eigenvalue weighted by Gasteiger charge is -2.21. The molecule has 92 valence electrons. The molecule has 0 aromatic heterocycles. The molecule has 0 bridgehead atoms. The Labute approximate surface area is 98.2 Å². The fraction of sp³-hybridized carbons (Fsp3) is 0.417. The minimum atomic E-state index is -0.905. The summed E-state index contributed by atoms with van der Waals surface area (Å²) in [5.41, 5.74) is 5.59. The molecule has 17 heavy (non-hydrogen) atoms. The molecule has 1 fully saturated rings. The van der Waals surface area contributed by atoms with Gasteiger partial charge in [0.15, 0.2) is 11.6 Å². The predicted octanol–water partition coefficient (Wildman–Crippen LogP) is 1.41. The molecule has 1 amide bonds. The molecule has 0 heterocycles. The van der Waals surface area contributed by atoms with Crippen molar-refractivity contribution < 1.29 is 13.6 Å². The first-order valence-corrected chi connectivity index (χ1v) is 5.41. The number of carbonyl (C=O) groups excluding carboxylic acids is 1. The van der Waals surface area contributed by atoms with Gasteiger partial charge in [0.1, 0.15) is 0 Å². The Kier molecular flexibility index (Phi) is 2.87. The molecule has 0 unspecified atom stereocenters. The second kappa shape index (κ2) is 4.07. The molecule has 1 aliphatic rings. The molecular weight excluding hydrogens is 226 g/mol. The summed E-state index contributed by atoms with van der Waals surface area (Å²) in [6.45, 7) is 0.231. The minimum absolute atomic E-state index is 0.151. The van der Waals surface area contributed by atoms with Crippen molar-refractivity contribution in [1.82, 2.24) is 4.90 Å². The average Bonchev–Trinajstić information content (AvgIpc) is 3.02. The largest absolute Gasteiger partial charge is 0.340 e. The van der Waals surface area contributed by atoms with Crippen LogP contribution >= 0.6 is 0 Å². The maximum absolute atomic E-state index is 13.0. The predicted molar refractivity (Wildman–Crippen MR) is 59.0 cm³/mol. The highest BCUT2D eigenvalue weighted by molar-refractivity contribution is 5.88. The second-order valence-corrected chi connectivity index (χ2v) is 4.57. The highest BCUT2D eigenvalue weighted by Crippen LogP contribution is 2.34. The van der Waals surface area contributed by atoms with E-state index in [1.807, 2.05) is 0 Å². The summed E-state index contributed by atoms with van der Waals surface area (Å²) in [4.78, 5) is 13.3. The van der Waals surface area contributed by atoms with E-state index in [4.69, 9.17) is 5.73 Å². The van der Waals surface area contributed by atoms with Crippen LogP contribution in [0.25, 0.3) is 0 Å². The molecule has 1 aliphatic carbocycles. The molecule has 3 nitrogen and oxygen atoms in total. The van der Waals surface area contributed by atoms with Gasteiger partial charge >= 0.3 is 0 Å². The minimum Gasteiger partial charge on any atom is -0.340 e. The Hall–Kier alpha value is -1.49. The van der Waals surface area contributed by atoms with Crippen LogP contribution in [0.5, 0.6) is 0 Å². The number of benzene rings is 1. The highest BCUT2D eigenvalue weighted by atomic mass is 19.2. The van der Waals surface area contributed by atoms with E-state index in [-0.39, 0.29) is 12.5 Å². The van der Waals surface area contributed by atoms with Gasteiger partial charge in [-0.05, 0) is 30.5 Å². The Balaban J connectivity index is 2.05. The normalized spacial score (nSPS) is 16.7. The number of nitrogens with zero attached hydrogens (tertiary/aromatic N) is 1. The quantitative estimate of drug-likeness (QED) is 0.868. The van der Waals surface area contributed by atoms with Crippen LogP contribution < -0.4 is 5.73 Å². The molecule has 0 spiro atoms. The van der Waals surface area contributed by atoms with E-state index < -0.39 is 17.2 Å². The number of likely N-dealkylation sites (N-methyl/N-ethyl adjacent to an activating group) is 1. The van der Waals surface area contributed by atoms with Crippen molar-refractivity contribution in [1.29, 1.82) is 0 Å². The molecule has 0 radical (unpaired) electrons. The molecule has 1 saturated carbocycles. The monoisotopic (exact) mass is 240 g/mol. The molecule has 0 atom stereocenters. The topological polar surface area (TPSA) is 46.3 Å². The molecule has 0 saturated heterocycles. The lowest BCUT2D eigenvalue weighted by atomic mass is 10.2. The Bertz CT molecular complexity index is 458. The summed E-state index contributed by atoms with van der Waals surface area (Å²) in [7, 11) is 1.61. The summed E-state index contributed by atoms with van der Waals surface area (Å²) < 4.78 is 25.7. The Morgan fingerprint density at radius 3 is 2.59 bits per heavy atom. The zero-order valence-electron chi connectivity index (χ0n) is 9.54. The summed E-state index contributed by atoms with van der Waals surface area (Å²) in [6.07, 6.45) is 1.38. The van der Waals surface area contributed by atoms with E-state index in [2.05, 4.69) is 0 Å². The van der Waals surface area contributed by atoms with Crippen LogP contribution in [-0.4, -0.2) is 23.4 Å². The number of hydrogen-bond donors (Lipinski definition) is 1. The van der Waals surface area contributed by atoms with E-state index >= 15 is 0 Å². The van der Waals surface area contributed by atoms with Gasteiger partial charge in [0.25, 0.3) is 0 Å². The van der Waals surface area contributed by atoms with Gasteiger partial charge < -0.3 is 10.6 Å². The third kappa shape index (κ3) is 2.44. The fourth-order valence-electron chi connectivity index (χ4n) is 1.71. The number of rotatable bonds is 3. The first kappa shape index (κ1) is 12.0. The average molecular weight is 240 g/mol. The van der Waals surface area contributed by atoms with E-state index in [1.165, 1.54) is 11.0 Å². The van der Waals surface area contributed by atoms with Crippen LogP contribution in [0.1, 0.15) is 18.4 Å². The SMILES string of the molecule is CN(Cc1ccc(F)c(F)c1)C(=O)C1(N)CC1. The highest BCUT2D eigenvalue weighted by Gasteiger charge is 2.47. The third-order valence-electron chi connectivity index (χ3n) is 2.97. The van der Waals surface area contributed by atoms with Crippen LogP contribution in [-0.2, 0) is 11.3 Å². The van der Waals surface area contributed by atoms with Crippen molar-refractivity contribution in [3.63, 3.8) is 0 Å². The number of amides is 1. The van der Waals surface area contributed by atoms with Crippen molar-refractivity contribution in [2.75, 3.05) is 7.05 Å².